The Labute approximate surface area is 159 Å². The molecule has 0 unspecified atom stereocenters. The summed E-state index contributed by atoms with van der Waals surface area (Å²) < 4.78 is 26.9. The number of carbonyl (C=O) groups excluding carboxylic acids is 1. The van der Waals surface area contributed by atoms with Gasteiger partial charge in [-0.3, -0.25) is 9.10 Å². The molecule has 1 aliphatic heterocycles. The monoisotopic (exact) mass is 392 g/mol. The second-order valence-corrected chi connectivity index (χ2v) is 8.83. The summed E-state index contributed by atoms with van der Waals surface area (Å²) in [6.45, 7) is 2.31. The molecule has 7 heteroatoms. The van der Waals surface area contributed by atoms with Crippen LogP contribution in [-0.4, -0.2) is 26.6 Å². The number of halogens is 1. The van der Waals surface area contributed by atoms with Crippen LogP contribution in [0.15, 0.2) is 42.5 Å². The van der Waals surface area contributed by atoms with Gasteiger partial charge in [0.1, 0.15) is 0 Å². The van der Waals surface area contributed by atoms with E-state index in [1.807, 2.05) is 31.2 Å². The van der Waals surface area contributed by atoms with Gasteiger partial charge in [0, 0.05) is 23.7 Å². The highest BCUT2D eigenvalue weighted by molar-refractivity contribution is 7.92. The zero-order chi connectivity index (χ0) is 18.7. The van der Waals surface area contributed by atoms with Crippen molar-refractivity contribution in [3.8, 4) is 0 Å². The van der Waals surface area contributed by atoms with Gasteiger partial charge in [-0.2, -0.15) is 0 Å². The lowest BCUT2D eigenvalue weighted by Gasteiger charge is -2.30. The molecule has 26 heavy (non-hydrogen) atoms. The highest BCUT2D eigenvalue weighted by Crippen LogP contribution is 2.29. The van der Waals surface area contributed by atoms with Gasteiger partial charge in [-0.15, -0.1) is 0 Å². The van der Waals surface area contributed by atoms with Crippen molar-refractivity contribution < 1.29 is 13.2 Å². The van der Waals surface area contributed by atoms with Crippen LogP contribution in [0.1, 0.15) is 24.0 Å². The minimum atomic E-state index is -3.56. The number of nitrogens with zero attached hydrogens (tertiary/aromatic N) is 1. The van der Waals surface area contributed by atoms with Crippen LogP contribution in [0.4, 0.5) is 11.4 Å². The Bertz CT molecular complexity index is 928. The van der Waals surface area contributed by atoms with Gasteiger partial charge in [0.15, 0.2) is 0 Å². The van der Waals surface area contributed by atoms with Crippen LogP contribution in [0, 0.1) is 6.92 Å². The standard InChI is InChI=1S/C19H21ClN2O3S/c1-14-8-9-16(20)13-17(14)21-19(23)10-12-26(24,25)22-11-4-6-15-5-2-3-7-18(15)22/h2-3,5,7-9,13H,4,6,10-12H2,1H3,(H,21,23). The van der Waals surface area contributed by atoms with Crippen LogP contribution in [0.25, 0.3) is 0 Å². The highest BCUT2D eigenvalue weighted by atomic mass is 35.5. The number of amides is 1. The van der Waals surface area contributed by atoms with E-state index in [1.54, 1.807) is 18.2 Å². The topological polar surface area (TPSA) is 66.5 Å². The summed E-state index contributed by atoms with van der Waals surface area (Å²) in [5.41, 5.74) is 3.23. The number of hydrogen-bond acceptors (Lipinski definition) is 3. The molecule has 0 spiro atoms. The summed E-state index contributed by atoms with van der Waals surface area (Å²) in [7, 11) is -3.56. The van der Waals surface area contributed by atoms with E-state index < -0.39 is 10.0 Å². The molecule has 0 bridgehead atoms. The second-order valence-electron chi connectivity index (χ2n) is 6.38. The maximum atomic E-state index is 12.8. The first-order valence-corrected chi connectivity index (χ1v) is 10.5. The molecule has 0 radical (unpaired) electrons. The van der Waals surface area contributed by atoms with Gasteiger partial charge in [0.25, 0.3) is 0 Å². The number of para-hydroxylation sites is 1. The molecule has 3 rings (SSSR count). The SMILES string of the molecule is Cc1ccc(Cl)cc1NC(=O)CCS(=O)(=O)N1CCCc2ccccc21. The molecule has 0 fully saturated rings. The van der Waals surface area contributed by atoms with Gasteiger partial charge in [-0.1, -0.05) is 35.9 Å². The Morgan fingerprint density at radius 2 is 2.00 bits per heavy atom. The van der Waals surface area contributed by atoms with Crippen LogP contribution < -0.4 is 9.62 Å². The molecule has 1 amide bonds. The number of aryl methyl sites for hydroxylation is 2. The van der Waals surface area contributed by atoms with Gasteiger partial charge in [-0.25, -0.2) is 8.42 Å². The van der Waals surface area contributed by atoms with Crippen LogP contribution >= 0.6 is 11.6 Å². The maximum absolute atomic E-state index is 12.8. The van der Waals surface area contributed by atoms with E-state index in [0.29, 0.717) is 17.3 Å². The summed E-state index contributed by atoms with van der Waals surface area (Å²) in [5.74, 6) is -0.573. The van der Waals surface area contributed by atoms with E-state index in [0.717, 1.165) is 29.7 Å². The predicted octanol–water partition coefficient (Wildman–Crippen LogP) is 3.76. The lowest BCUT2D eigenvalue weighted by Crippen LogP contribution is -2.37. The smallest absolute Gasteiger partial charge is 0.235 e. The van der Waals surface area contributed by atoms with Crippen molar-refractivity contribution in [1.29, 1.82) is 0 Å². The minimum Gasteiger partial charge on any atom is -0.326 e. The number of fused-ring (bicyclic) bond motifs is 1. The van der Waals surface area contributed by atoms with Gasteiger partial charge in [0.2, 0.25) is 15.9 Å². The molecule has 138 valence electrons. The molecule has 2 aromatic carbocycles. The number of carbonyl (C=O) groups is 1. The summed E-state index contributed by atoms with van der Waals surface area (Å²) >= 11 is 5.95. The lowest BCUT2D eigenvalue weighted by atomic mass is 10.0. The van der Waals surface area contributed by atoms with Crippen molar-refractivity contribution >= 4 is 38.9 Å². The molecule has 1 aliphatic rings. The van der Waals surface area contributed by atoms with Gasteiger partial charge < -0.3 is 5.32 Å². The quantitative estimate of drug-likeness (QED) is 0.842. The summed E-state index contributed by atoms with van der Waals surface area (Å²) in [4.78, 5) is 12.2. The van der Waals surface area contributed by atoms with Crippen molar-refractivity contribution in [3.05, 3.63) is 58.6 Å². The fourth-order valence-corrected chi connectivity index (χ4v) is 4.78. The van der Waals surface area contributed by atoms with Crippen molar-refractivity contribution in [2.45, 2.75) is 26.2 Å². The number of hydrogen-bond donors (Lipinski definition) is 1. The fraction of sp³-hybridized carbons (Fsp3) is 0.316. The van der Waals surface area contributed by atoms with Crippen LogP contribution in [-0.2, 0) is 21.2 Å². The fourth-order valence-electron chi connectivity index (χ4n) is 3.06. The van der Waals surface area contributed by atoms with Crippen molar-refractivity contribution in [1.82, 2.24) is 0 Å². The Morgan fingerprint density at radius 1 is 1.23 bits per heavy atom. The van der Waals surface area contributed by atoms with Crippen LogP contribution in [0.3, 0.4) is 0 Å². The van der Waals surface area contributed by atoms with Crippen molar-refractivity contribution in [2.24, 2.45) is 0 Å². The van der Waals surface area contributed by atoms with Gasteiger partial charge >= 0.3 is 0 Å². The van der Waals surface area contributed by atoms with E-state index in [-0.39, 0.29) is 18.1 Å². The first-order valence-electron chi connectivity index (χ1n) is 8.51. The molecule has 0 saturated heterocycles. The highest BCUT2D eigenvalue weighted by Gasteiger charge is 2.27. The maximum Gasteiger partial charge on any atom is 0.235 e. The number of nitrogens with one attached hydrogen (secondary N) is 1. The summed E-state index contributed by atoms with van der Waals surface area (Å²) in [5, 5.41) is 3.26. The molecule has 0 saturated carbocycles. The molecular weight excluding hydrogens is 372 g/mol. The first kappa shape index (κ1) is 18.7. The molecule has 1 heterocycles. The summed E-state index contributed by atoms with van der Waals surface area (Å²) in [6, 6.07) is 12.7. The second kappa shape index (κ2) is 7.68. The third-order valence-corrected chi connectivity index (χ3v) is 6.47. The minimum absolute atomic E-state index is 0.104. The number of rotatable bonds is 5. The molecule has 1 N–H and O–H groups in total. The normalized spacial score (nSPS) is 14.0. The van der Waals surface area contributed by atoms with Crippen LogP contribution in [0.5, 0.6) is 0 Å². The van der Waals surface area contributed by atoms with Crippen molar-refractivity contribution in [2.75, 3.05) is 21.9 Å². The first-order chi connectivity index (χ1) is 12.4. The van der Waals surface area contributed by atoms with E-state index in [1.165, 1.54) is 4.31 Å². The van der Waals surface area contributed by atoms with Gasteiger partial charge in [0.05, 0.1) is 11.4 Å². The molecule has 5 nitrogen and oxygen atoms in total. The van der Waals surface area contributed by atoms with Crippen LogP contribution in [0.2, 0.25) is 5.02 Å². The zero-order valence-electron chi connectivity index (χ0n) is 14.5. The number of sulfonamides is 1. The van der Waals surface area contributed by atoms with E-state index in [4.69, 9.17) is 11.6 Å². The van der Waals surface area contributed by atoms with E-state index in [9.17, 15) is 13.2 Å². The Kier molecular flexibility index (Phi) is 5.53. The largest absolute Gasteiger partial charge is 0.326 e. The third-order valence-electron chi connectivity index (χ3n) is 4.46. The molecule has 2 aromatic rings. The zero-order valence-corrected chi connectivity index (χ0v) is 16.1. The predicted molar refractivity (Wildman–Crippen MR) is 105 cm³/mol. The summed E-state index contributed by atoms with van der Waals surface area (Å²) in [6.07, 6.45) is 1.55. The lowest BCUT2D eigenvalue weighted by molar-refractivity contribution is -0.115. The van der Waals surface area contributed by atoms with E-state index in [2.05, 4.69) is 5.32 Å². The molecular formula is C19H21ClN2O3S. The Morgan fingerprint density at radius 3 is 2.81 bits per heavy atom. The molecule has 0 atom stereocenters. The number of benzene rings is 2. The van der Waals surface area contributed by atoms with E-state index >= 15 is 0 Å². The Balaban J connectivity index is 1.67. The molecule has 0 aliphatic carbocycles. The number of anilines is 2. The van der Waals surface area contributed by atoms with Gasteiger partial charge in [-0.05, 0) is 49.1 Å². The Hall–Kier alpha value is -2.05. The van der Waals surface area contributed by atoms with Crippen molar-refractivity contribution in [3.63, 3.8) is 0 Å². The average Bonchev–Trinajstić information content (AvgIpc) is 2.62. The molecule has 0 aromatic heterocycles. The average molecular weight is 393 g/mol. The third kappa shape index (κ3) is 4.19.